The maximum Gasteiger partial charge on any atom is 0.245 e. The van der Waals surface area contributed by atoms with Gasteiger partial charge in [0.2, 0.25) is 5.28 Å². The quantitative estimate of drug-likeness (QED) is 0.898. The predicted octanol–water partition coefficient (Wildman–Crippen LogP) is 2.63. The van der Waals surface area contributed by atoms with Crippen LogP contribution in [0.5, 0.6) is 0 Å². The molecular weight excluding hydrogens is 259 g/mol. The van der Waals surface area contributed by atoms with E-state index in [2.05, 4.69) is 20.5 Å². The summed E-state index contributed by atoms with van der Waals surface area (Å²) in [5.41, 5.74) is 0. The summed E-state index contributed by atoms with van der Waals surface area (Å²) in [6.45, 7) is 0. The molecule has 90 valence electrons. The van der Waals surface area contributed by atoms with E-state index < -0.39 is 0 Å². The van der Waals surface area contributed by atoms with Crippen molar-refractivity contribution in [2.24, 2.45) is 23.7 Å². The van der Waals surface area contributed by atoms with Gasteiger partial charge < -0.3 is 5.32 Å². The molecule has 4 rings (SSSR count). The monoisotopic (exact) mass is 270 g/mol. The maximum atomic E-state index is 5.96. The lowest BCUT2D eigenvalue weighted by molar-refractivity contribution is 0.456. The van der Waals surface area contributed by atoms with E-state index in [4.69, 9.17) is 23.2 Å². The molecule has 1 heterocycles. The Morgan fingerprint density at radius 2 is 1.76 bits per heavy atom. The van der Waals surface area contributed by atoms with Crippen LogP contribution in [0.25, 0.3) is 0 Å². The zero-order valence-electron chi connectivity index (χ0n) is 9.11. The van der Waals surface area contributed by atoms with Gasteiger partial charge in [-0.25, -0.2) is 0 Å². The number of hydrogen-bond acceptors (Lipinski definition) is 4. The van der Waals surface area contributed by atoms with Crippen molar-refractivity contribution in [1.29, 1.82) is 0 Å². The Morgan fingerprint density at radius 3 is 2.47 bits per heavy atom. The van der Waals surface area contributed by atoms with E-state index in [1.165, 1.54) is 19.3 Å². The summed E-state index contributed by atoms with van der Waals surface area (Å²) in [4.78, 5) is 4.10. The molecule has 2 bridgehead atoms. The van der Waals surface area contributed by atoms with Gasteiger partial charge in [0.25, 0.3) is 0 Å². The van der Waals surface area contributed by atoms with Crippen molar-refractivity contribution in [3.05, 3.63) is 10.4 Å². The van der Waals surface area contributed by atoms with Crippen molar-refractivity contribution in [2.45, 2.75) is 25.3 Å². The molecule has 0 spiro atoms. The number of fused-ring (bicyclic) bond motifs is 5. The number of rotatable bonds is 2. The molecule has 3 saturated carbocycles. The summed E-state index contributed by atoms with van der Waals surface area (Å²) >= 11 is 11.7. The minimum absolute atomic E-state index is 0.144. The first-order valence-electron chi connectivity index (χ1n) is 6.06. The van der Waals surface area contributed by atoms with E-state index in [-0.39, 0.29) is 5.28 Å². The summed E-state index contributed by atoms with van der Waals surface area (Å²) in [5, 5.41) is 11.2. The predicted molar refractivity (Wildman–Crippen MR) is 65.1 cm³/mol. The summed E-state index contributed by atoms with van der Waals surface area (Å²) < 4.78 is 0. The van der Waals surface area contributed by atoms with Crippen LogP contribution < -0.4 is 5.32 Å². The zero-order valence-corrected chi connectivity index (χ0v) is 10.6. The highest BCUT2D eigenvalue weighted by atomic mass is 35.5. The molecule has 3 fully saturated rings. The van der Waals surface area contributed by atoms with Crippen LogP contribution >= 0.6 is 23.2 Å². The van der Waals surface area contributed by atoms with Crippen molar-refractivity contribution in [1.82, 2.24) is 15.2 Å². The number of hydrogen-bond donors (Lipinski definition) is 1. The fourth-order valence-corrected chi connectivity index (χ4v) is 4.32. The molecule has 1 aromatic heterocycles. The fraction of sp³-hybridized carbons (Fsp3) is 0.727. The lowest BCUT2D eigenvalue weighted by Gasteiger charge is -2.11. The summed E-state index contributed by atoms with van der Waals surface area (Å²) in [5.74, 6) is 4.10. The van der Waals surface area contributed by atoms with E-state index in [1.807, 2.05) is 0 Å². The molecule has 17 heavy (non-hydrogen) atoms. The molecule has 3 aliphatic carbocycles. The number of halogens is 2. The van der Waals surface area contributed by atoms with Crippen LogP contribution in [-0.2, 0) is 0 Å². The highest BCUT2D eigenvalue weighted by Gasteiger charge is 2.65. The number of nitrogens with zero attached hydrogens (tertiary/aromatic N) is 3. The van der Waals surface area contributed by atoms with Gasteiger partial charge in [-0.05, 0) is 54.5 Å². The van der Waals surface area contributed by atoms with Gasteiger partial charge in [0.15, 0.2) is 11.0 Å². The van der Waals surface area contributed by atoms with Crippen LogP contribution in [0.3, 0.4) is 0 Å². The Kier molecular flexibility index (Phi) is 2.10. The van der Waals surface area contributed by atoms with Gasteiger partial charge in [0.1, 0.15) is 0 Å². The average molecular weight is 271 g/mol. The smallest absolute Gasteiger partial charge is 0.245 e. The van der Waals surface area contributed by atoms with Crippen LogP contribution in [0.4, 0.5) is 5.82 Å². The molecule has 0 aromatic carbocycles. The summed E-state index contributed by atoms with van der Waals surface area (Å²) in [7, 11) is 0. The molecule has 4 unspecified atom stereocenters. The molecule has 4 nitrogen and oxygen atoms in total. The maximum absolute atomic E-state index is 5.96. The van der Waals surface area contributed by atoms with Gasteiger partial charge in [0.05, 0.1) is 0 Å². The van der Waals surface area contributed by atoms with Gasteiger partial charge >= 0.3 is 0 Å². The molecule has 0 aliphatic heterocycles. The summed E-state index contributed by atoms with van der Waals surface area (Å²) in [6.07, 6.45) is 4.24. The second-order valence-corrected chi connectivity index (χ2v) is 6.07. The van der Waals surface area contributed by atoms with Gasteiger partial charge in [-0.2, -0.15) is 4.98 Å². The van der Waals surface area contributed by atoms with Gasteiger partial charge in [-0.15, -0.1) is 10.2 Å². The van der Waals surface area contributed by atoms with Crippen molar-refractivity contribution in [3.63, 3.8) is 0 Å². The van der Waals surface area contributed by atoms with E-state index in [9.17, 15) is 0 Å². The van der Waals surface area contributed by atoms with Gasteiger partial charge in [0, 0.05) is 6.04 Å². The Morgan fingerprint density at radius 1 is 1.06 bits per heavy atom. The fourth-order valence-electron chi connectivity index (χ4n) is 4.06. The van der Waals surface area contributed by atoms with Crippen LogP contribution in [0.2, 0.25) is 10.4 Å². The number of anilines is 1. The van der Waals surface area contributed by atoms with Gasteiger partial charge in [-0.1, -0.05) is 11.6 Å². The molecule has 0 saturated heterocycles. The Hall–Kier alpha value is -0.610. The van der Waals surface area contributed by atoms with E-state index in [0.717, 1.165) is 23.7 Å². The van der Waals surface area contributed by atoms with Gasteiger partial charge in [-0.3, -0.25) is 0 Å². The third-order valence-corrected chi connectivity index (χ3v) is 5.07. The minimum atomic E-state index is 0.144. The van der Waals surface area contributed by atoms with Crippen molar-refractivity contribution < 1.29 is 0 Å². The standard InChI is InChI=1S/C11H12Cl2N4/c12-9-10(15-11(13)17-16-9)14-8-6-4-1-2-5(3-4)7(6)8/h4-8H,1-3H2,(H,14,15,17). The minimum Gasteiger partial charge on any atom is -0.364 e. The van der Waals surface area contributed by atoms with Crippen LogP contribution in [-0.4, -0.2) is 21.2 Å². The normalized spacial score (nSPS) is 41.4. The third-order valence-electron chi connectivity index (χ3n) is 4.66. The lowest BCUT2D eigenvalue weighted by Crippen LogP contribution is -2.14. The molecule has 1 N–H and O–H groups in total. The van der Waals surface area contributed by atoms with E-state index in [1.54, 1.807) is 0 Å². The first-order valence-corrected chi connectivity index (χ1v) is 6.82. The van der Waals surface area contributed by atoms with Crippen LogP contribution in [0, 0.1) is 23.7 Å². The average Bonchev–Trinajstić information content (AvgIpc) is 2.72. The zero-order chi connectivity index (χ0) is 11.6. The summed E-state index contributed by atoms with van der Waals surface area (Å²) in [6, 6.07) is 0.534. The SMILES string of the molecule is Clc1nnc(Cl)c(NC2C3C4CCC(C4)C23)n1. The third kappa shape index (κ3) is 1.47. The van der Waals surface area contributed by atoms with Crippen LogP contribution in [0.1, 0.15) is 19.3 Å². The highest BCUT2D eigenvalue weighted by molar-refractivity contribution is 6.32. The molecule has 0 amide bonds. The number of nitrogens with one attached hydrogen (secondary N) is 1. The largest absolute Gasteiger partial charge is 0.364 e. The first-order chi connectivity index (χ1) is 8.24. The Balaban J connectivity index is 1.54. The Bertz CT molecular complexity index is 465. The highest BCUT2D eigenvalue weighted by Crippen LogP contribution is 2.66. The molecular formula is C11H12Cl2N4. The number of aromatic nitrogens is 3. The van der Waals surface area contributed by atoms with Crippen molar-refractivity contribution >= 4 is 29.0 Å². The molecule has 6 heteroatoms. The Labute approximate surface area is 109 Å². The second-order valence-electron chi connectivity index (χ2n) is 5.38. The molecule has 4 atom stereocenters. The van der Waals surface area contributed by atoms with E-state index in [0.29, 0.717) is 17.0 Å². The molecule has 1 aromatic rings. The van der Waals surface area contributed by atoms with Crippen LogP contribution in [0.15, 0.2) is 0 Å². The van der Waals surface area contributed by atoms with Crippen molar-refractivity contribution in [2.75, 3.05) is 5.32 Å². The lowest BCUT2D eigenvalue weighted by atomic mass is 10.0. The second kappa shape index (κ2) is 3.45. The molecule has 0 radical (unpaired) electrons. The van der Waals surface area contributed by atoms with E-state index >= 15 is 0 Å². The topological polar surface area (TPSA) is 50.7 Å². The molecule has 3 aliphatic rings. The first kappa shape index (κ1) is 10.3. The van der Waals surface area contributed by atoms with Crippen molar-refractivity contribution in [3.8, 4) is 0 Å².